The van der Waals surface area contributed by atoms with E-state index in [2.05, 4.69) is 10.3 Å². The smallest absolute Gasteiger partial charge is 0.271 e. The Balaban J connectivity index is 1.51. The van der Waals surface area contributed by atoms with E-state index >= 15 is 0 Å². The standard InChI is InChI=1S/C32H32FN3O4/c1-39-26-15-9-22(10-16-26)21-36(32(38)29-18-17-28(35-29)23-6-3-2-4-7-23)30(24-11-13-25(33)14-12-24)31(37)34-20-27-8-5-19-40-27/h2-4,6-7,9-18,27,30,35H,5,8,19-21H2,1H3,(H,34,37)/t27-,30-/m1/s1. The molecule has 5 rings (SSSR count). The molecule has 0 saturated carbocycles. The van der Waals surface area contributed by atoms with Gasteiger partial charge >= 0.3 is 0 Å². The summed E-state index contributed by atoms with van der Waals surface area (Å²) in [4.78, 5) is 32.7. The quantitative estimate of drug-likeness (QED) is 0.277. The van der Waals surface area contributed by atoms with Gasteiger partial charge in [-0.05, 0) is 65.9 Å². The molecule has 4 aromatic rings. The summed E-state index contributed by atoms with van der Waals surface area (Å²) in [5.74, 6) is -0.464. The van der Waals surface area contributed by atoms with Crippen molar-refractivity contribution in [2.75, 3.05) is 20.3 Å². The van der Waals surface area contributed by atoms with Gasteiger partial charge in [-0.3, -0.25) is 9.59 Å². The van der Waals surface area contributed by atoms with E-state index in [1.807, 2.05) is 60.7 Å². The molecule has 2 heterocycles. The van der Waals surface area contributed by atoms with Crippen LogP contribution < -0.4 is 10.1 Å². The Labute approximate surface area is 232 Å². The van der Waals surface area contributed by atoms with Gasteiger partial charge in [-0.25, -0.2) is 4.39 Å². The number of carbonyl (C=O) groups excluding carboxylic acids is 2. The zero-order chi connectivity index (χ0) is 27.9. The Bertz CT molecular complexity index is 1410. The molecule has 2 N–H and O–H groups in total. The molecule has 1 aliphatic rings. The minimum absolute atomic E-state index is 0.0691. The second kappa shape index (κ2) is 12.6. The number of methoxy groups -OCH3 is 1. The van der Waals surface area contributed by atoms with Gasteiger partial charge in [0.1, 0.15) is 23.3 Å². The number of halogens is 1. The van der Waals surface area contributed by atoms with Crippen LogP contribution in [0.3, 0.4) is 0 Å². The molecule has 206 valence electrons. The highest BCUT2D eigenvalue weighted by Gasteiger charge is 2.33. The molecule has 0 unspecified atom stereocenters. The molecule has 1 aliphatic heterocycles. The van der Waals surface area contributed by atoms with E-state index < -0.39 is 11.9 Å². The van der Waals surface area contributed by atoms with Crippen molar-refractivity contribution >= 4 is 11.8 Å². The lowest BCUT2D eigenvalue weighted by Crippen LogP contribution is -2.45. The molecule has 40 heavy (non-hydrogen) atoms. The van der Waals surface area contributed by atoms with Crippen LogP contribution in [0.2, 0.25) is 0 Å². The van der Waals surface area contributed by atoms with E-state index in [0.29, 0.717) is 30.2 Å². The van der Waals surface area contributed by atoms with Crippen molar-refractivity contribution in [2.24, 2.45) is 0 Å². The van der Waals surface area contributed by atoms with Crippen LogP contribution in [0.1, 0.15) is 40.5 Å². The Morgan fingerprint density at radius 3 is 2.45 bits per heavy atom. The molecule has 0 radical (unpaired) electrons. The summed E-state index contributed by atoms with van der Waals surface area (Å²) in [7, 11) is 1.59. The van der Waals surface area contributed by atoms with E-state index in [1.54, 1.807) is 25.3 Å². The fourth-order valence-corrected chi connectivity index (χ4v) is 4.90. The highest BCUT2D eigenvalue weighted by atomic mass is 19.1. The van der Waals surface area contributed by atoms with Crippen LogP contribution in [0.4, 0.5) is 4.39 Å². The van der Waals surface area contributed by atoms with Gasteiger partial charge in [0.2, 0.25) is 5.91 Å². The number of hydrogen-bond donors (Lipinski definition) is 2. The van der Waals surface area contributed by atoms with Crippen LogP contribution in [0.5, 0.6) is 5.75 Å². The van der Waals surface area contributed by atoms with Crippen molar-refractivity contribution in [2.45, 2.75) is 31.5 Å². The van der Waals surface area contributed by atoms with Gasteiger partial charge in [0.25, 0.3) is 5.91 Å². The summed E-state index contributed by atoms with van der Waals surface area (Å²) in [5.41, 5.74) is 3.37. The number of rotatable bonds is 10. The first-order valence-electron chi connectivity index (χ1n) is 13.3. The third-order valence-corrected chi connectivity index (χ3v) is 7.05. The molecule has 0 aliphatic carbocycles. The summed E-state index contributed by atoms with van der Waals surface area (Å²) >= 11 is 0. The predicted molar refractivity (Wildman–Crippen MR) is 150 cm³/mol. The van der Waals surface area contributed by atoms with E-state index in [1.165, 1.54) is 17.0 Å². The topological polar surface area (TPSA) is 83.7 Å². The van der Waals surface area contributed by atoms with Crippen molar-refractivity contribution in [3.8, 4) is 17.0 Å². The van der Waals surface area contributed by atoms with Crippen molar-refractivity contribution in [3.05, 3.63) is 114 Å². The van der Waals surface area contributed by atoms with Crippen molar-refractivity contribution < 1.29 is 23.5 Å². The number of ether oxygens (including phenoxy) is 2. The maximum absolute atomic E-state index is 14.2. The van der Waals surface area contributed by atoms with Crippen molar-refractivity contribution in [1.29, 1.82) is 0 Å². The molecule has 1 fully saturated rings. The molecule has 1 saturated heterocycles. The van der Waals surface area contributed by atoms with Crippen LogP contribution in [0.15, 0.2) is 91.0 Å². The molecule has 0 bridgehead atoms. The second-order valence-corrected chi connectivity index (χ2v) is 9.77. The fourth-order valence-electron chi connectivity index (χ4n) is 4.90. The van der Waals surface area contributed by atoms with E-state index in [9.17, 15) is 14.0 Å². The number of benzene rings is 3. The fraction of sp³-hybridized carbons (Fsp3) is 0.250. The number of aromatic nitrogens is 1. The lowest BCUT2D eigenvalue weighted by Gasteiger charge is -2.31. The monoisotopic (exact) mass is 541 g/mol. The van der Waals surface area contributed by atoms with E-state index in [0.717, 1.165) is 29.7 Å². The normalized spacial score (nSPS) is 15.4. The summed E-state index contributed by atoms with van der Waals surface area (Å²) in [6.45, 7) is 1.14. The number of aromatic amines is 1. The maximum atomic E-state index is 14.2. The maximum Gasteiger partial charge on any atom is 0.271 e. The first-order valence-corrected chi connectivity index (χ1v) is 13.3. The van der Waals surface area contributed by atoms with Crippen molar-refractivity contribution in [3.63, 3.8) is 0 Å². The average molecular weight is 542 g/mol. The van der Waals surface area contributed by atoms with Crippen LogP contribution in [0.25, 0.3) is 11.3 Å². The molecular weight excluding hydrogens is 509 g/mol. The Morgan fingerprint density at radius 2 is 1.77 bits per heavy atom. The summed E-state index contributed by atoms with van der Waals surface area (Å²) in [6.07, 6.45) is 1.74. The lowest BCUT2D eigenvalue weighted by atomic mass is 10.0. The summed E-state index contributed by atoms with van der Waals surface area (Å²) < 4.78 is 24.9. The van der Waals surface area contributed by atoms with Gasteiger partial charge in [0, 0.05) is 25.4 Å². The average Bonchev–Trinajstić information content (AvgIpc) is 3.70. The van der Waals surface area contributed by atoms with Gasteiger partial charge in [0.05, 0.1) is 13.2 Å². The van der Waals surface area contributed by atoms with Gasteiger partial charge in [0.15, 0.2) is 0 Å². The van der Waals surface area contributed by atoms with Gasteiger partial charge in [-0.2, -0.15) is 0 Å². The zero-order valence-electron chi connectivity index (χ0n) is 22.3. The SMILES string of the molecule is COc1ccc(CN(C(=O)c2ccc(-c3ccccc3)[nH]2)[C@@H](C(=O)NC[C@H]2CCCO2)c2ccc(F)cc2)cc1. The molecule has 2 amide bonds. The number of nitrogens with one attached hydrogen (secondary N) is 2. The van der Waals surface area contributed by atoms with Gasteiger partial charge < -0.3 is 24.7 Å². The first-order chi connectivity index (χ1) is 19.5. The largest absolute Gasteiger partial charge is 0.497 e. The number of H-pyrrole nitrogens is 1. The van der Waals surface area contributed by atoms with Crippen LogP contribution in [-0.4, -0.2) is 48.1 Å². The second-order valence-electron chi connectivity index (χ2n) is 9.77. The Hall–Kier alpha value is -4.43. The van der Waals surface area contributed by atoms with Crippen LogP contribution in [0, 0.1) is 5.82 Å². The molecule has 7 nitrogen and oxygen atoms in total. The number of amides is 2. The third-order valence-electron chi connectivity index (χ3n) is 7.05. The van der Waals surface area contributed by atoms with E-state index in [4.69, 9.17) is 9.47 Å². The molecule has 0 spiro atoms. The van der Waals surface area contributed by atoms with Gasteiger partial charge in [-0.15, -0.1) is 0 Å². The lowest BCUT2D eigenvalue weighted by molar-refractivity contribution is -0.126. The molecule has 3 aromatic carbocycles. The highest BCUT2D eigenvalue weighted by Crippen LogP contribution is 2.28. The number of hydrogen-bond acceptors (Lipinski definition) is 4. The van der Waals surface area contributed by atoms with E-state index in [-0.39, 0.29) is 24.5 Å². The molecule has 1 aromatic heterocycles. The minimum Gasteiger partial charge on any atom is -0.497 e. The van der Waals surface area contributed by atoms with Gasteiger partial charge in [-0.1, -0.05) is 54.6 Å². The Morgan fingerprint density at radius 1 is 1.02 bits per heavy atom. The van der Waals surface area contributed by atoms with Crippen LogP contribution >= 0.6 is 0 Å². The zero-order valence-corrected chi connectivity index (χ0v) is 22.3. The van der Waals surface area contributed by atoms with Crippen LogP contribution in [-0.2, 0) is 16.1 Å². The molecular formula is C32H32FN3O4. The Kier molecular flexibility index (Phi) is 8.56. The summed E-state index contributed by atoms with van der Waals surface area (Å²) in [6, 6.07) is 25.3. The predicted octanol–water partition coefficient (Wildman–Crippen LogP) is 5.51. The minimum atomic E-state index is -1.01. The highest BCUT2D eigenvalue weighted by molar-refractivity contribution is 5.97. The third kappa shape index (κ3) is 6.40. The van der Waals surface area contributed by atoms with Crippen molar-refractivity contribution in [1.82, 2.24) is 15.2 Å². The first kappa shape index (κ1) is 27.1. The number of carbonyl (C=O) groups is 2. The molecule has 8 heteroatoms. The summed E-state index contributed by atoms with van der Waals surface area (Å²) in [5, 5.41) is 2.98. The number of nitrogens with zero attached hydrogens (tertiary/aromatic N) is 1. The molecule has 2 atom stereocenters.